The summed E-state index contributed by atoms with van der Waals surface area (Å²) in [5, 5.41) is 0.927. The number of para-hydroxylation sites is 7. The number of anilines is 6. The van der Waals surface area contributed by atoms with Gasteiger partial charge in [0.15, 0.2) is 17.5 Å². The Kier molecular flexibility index (Phi) is 8.42. The summed E-state index contributed by atoms with van der Waals surface area (Å²) in [6.07, 6.45) is 0. The van der Waals surface area contributed by atoms with Crippen LogP contribution in [-0.4, -0.2) is 35.4 Å². The standard InChI is InChI=1S/C93H59BN8/c1-5-27-60(28-6-1)64-49-54-85(75(55-64)61-29-7-2-8-30-61)102-87-57-66(99-80-44-22-15-37-70(80)71-38-16-23-45-81(71)99)51-53-77(87)94-76-52-50-65(98-78-42-20-13-35-68(78)69-36-14-21-43-79(69)98)56-86(76)101(88-58-67(59-89(102)90(88)94)100-82-46-24-17-39-72(82)73-40-18-25-47-83(73)100)84-48-26-19-41-74(84)93-96-91(62-31-9-3-10-32-62)95-92(97-93)63-33-11-4-12-34-63/h1-59H/i3D,4D,9D,10D,11D,12D,13D,14D,15D,16D,20D,21D,22D,23D,31D,32D,33D,34D,35D,36D,37D,38D,42D,43D,44D,45D. The van der Waals surface area contributed by atoms with Gasteiger partial charge in [0.05, 0.1) is 85.8 Å². The fraction of sp³-hybridized carbons (Fsp3) is 0. The molecule has 4 aromatic heterocycles. The van der Waals surface area contributed by atoms with Gasteiger partial charge in [0.25, 0.3) is 6.71 Å². The van der Waals surface area contributed by atoms with Gasteiger partial charge in [-0.3, -0.25) is 0 Å². The minimum Gasteiger partial charge on any atom is -0.311 e. The van der Waals surface area contributed by atoms with Crippen LogP contribution in [0.4, 0.5) is 34.1 Å². The Balaban J connectivity index is 0.962. The quantitative estimate of drug-likeness (QED) is 0.128. The van der Waals surface area contributed by atoms with Crippen molar-refractivity contribution < 1.29 is 35.6 Å². The minimum atomic E-state index is -1.02. The van der Waals surface area contributed by atoms with E-state index < -0.39 is 187 Å². The number of benzene rings is 15. The maximum Gasteiger partial charge on any atom is 0.252 e. The summed E-state index contributed by atoms with van der Waals surface area (Å²) in [4.78, 5) is 18.7. The first kappa shape index (κ1) is 37.4. The predicted molar refractivity (Wildman–Crippen MR) is 424 cm³/mol. The van der Waals surface area contributed by atoms with Crippen molar-refractivity contribution in [1.29, 1.82) is 0 Å². The summed E-state index contributed by atoms with van der Waals surface area (Å²) in [6, 6.07) is 45.0. The first-order chi connectivity index (χ1) is 61.4. The molecule has 0 unspecified atom stereocenters. The monoisotopic (exact) mass is 1320 g/mol. The smallest absolute Gasteiger partial charge is 0.252 e. The average Bonchev–Trinajstić information content (AvgIpc) is 0.966. The molecule has 6 heterocycles. The highest BCUT2D eigenvalue weighted by atomic mass is 15.2. The van der Waals surface area contributed by atoms with Crippen molar-refractivity contribution >= 4 is 123 Å². The largest absolute Gasteiger partial charge is 0.311 e. The molecule has 2 aliphatic rings. The number of rotatable bonds is 10. The summed E-state index contributed by atoms with van der Waals surface area (Å²) >= 11 is 0. The molecule has 0 aliphatic carbocycles. The van der Waals surface area contributed by atoms with Crippen LogP contribution in [0.3, 0.4) is 0 Å². The lowest BCUT2D eigenvalue weighted by Gasteiger charge is -2.45. The first-order valence-corrected chi connectivity index (χ1v) is 32.7. The fourth-order valence-electron chi connectivity index (χ4n) is 15.1. The molecular weight excluding hydrogens is 1240 g/mol. The van der Waals surface area contributed by atoms with Crippen LogP contribution < -0.4 is 26.2 Å². The average molecular weight is 1330 g/mol. The van der Waals surface area contributed by atoms with Crippen LogP contribution in [0.5, 0.6) is 0 Å². The Labute approximate surface area is 625 Å². The molecule has 0 radical (unpaired) electrons. The summed E-state index contributed by atoms with van der Waals surface area (Å²) in [6.45, 7) is -1.02. The van der Waals surface area contributed by atoms with E-state index in [1.807, 2.05) is 144 Å². The van der Waals surface area contributed by atoms with Crippen molar-refractivity contribution in [1.82, 2.24) is 28.7 Å². The third kappa shape index (κ3) is 8.87. The van der Waals surface area contributed by atoms with Crippen LogP contribution in [0.2, 0.25) is 0 Å². The maximum atomic E-state index is 9.85. The molecule has 0 N–H and O–H groups in total. The molecule has 8 nitrogen and oxygen atoms in total. The van der Waals surface area contributed by atoms with E-state index in [4.69, 9.17) is 23.7 Å². The van der Waals surface area contributed by atoms with Crippen LogP contribution in [-0.2, 0) is 0 Å². The second-order valence-electron chi connectivity index (χ2n) is 24.7. The minimum absolute atomic E-state index is 0.0609. The van der Waals surface area contributed by atoms with E-state index in [1.54, 1.807) is 48.5 Å². The molecule has 2 aliphatic heterocycles. The molecule has 0 atom stereocenters. The molecule has 0 amide bonds. The second kappa shape index (κ2) is 23.0. The highest BCUT2D eigenvalue weighted by Crippen LogP contribution is 2.52. The van der Waals surface area contributed by atoms with Gasteiger partial charge in [0.2, 0.25) is 0 Å². The van der Waals surface area contributed by atoms with Gasteiger partial charge in [0.1, 0.15) is 0 Å². The maximum absolute atomic E-state index is 9.85. The summed E-state index contributed by atoms with van der Waals surface area (Å²) in [7, 11) is 0. The predicted octanol–water partition coefficient (Wildman–Crippen LogP) is 21.6. The lowest BCUT2D eigenvalue weighted by molar-refractivity contribution is 1.07. The van der Waals surface area contributed by atoms with Crippen molar-refractivity contribution in [3.63, 3.8) is 0 Å². The molecule has 102 heavy (non-hydrogen) atoms. The van der Waals surface area contributed by atoms with Crippen LogP contribution in [0.15, 0.2) is 357 Å². The molecule has 0 saturated carbocycles. The molecule has 21 rings (SSSR count). The molecule has 0 bridgehead atoms. The van der Waals surface area contributed by atoms with Gasteiger partial charge in [-0.1, -0.05) is 260 Å². The SMILES string of the molecule is [2H]c1c([2H])c([2H])c(-c2nc(-c3ccccc3N3c4cc(-n5c6c([2H])c([2H])c([2H])c([2H])c6c6c([2H])c([2H])c([2H])c([2H])c65)ccc4B4c5ccc(-n6c7c([2H])c([2H])c([2H])c([2H])c7c7c([2H])c([2H])c([2H])c([2H])c76)cc5N(c5ccc(-c6ccccc6)cc5-c5ccccc5)c5cc(-n6c7ccccc7c7ccccc76)cc3c54)nc(-c3c([2H])c([2H])c([2H])c([2H])c3[2H])n2)c([2H])c1[2H]. The molecule has 19 aromatic rings. The van der Waals surface area contributed by atoms with Crippen LogP contribution in [0, 0.1) is 0 Å². The van der Waals surface area contributed by atoms with Crippen molar-refractivity contribution in [3.05, 3.63) is 357 Å². The molecular formula is C93H59BN8. The Morgan fingerprint density at radius 2 is 0.647 bits per heavy atom. The summed E-state index contributed by atoms with van der Waals surface area (Å²) in [5.74, 6) is -1.49. The zero-order chi connectivity index (χ0) is 89.6. The molecule has 0 fully saturated rings. The van der Waals surface area contributed by atoms with Gasteiger partial charge in [-0.25, -0.2) is 15.0 Å². The summed E-state index contributed by atoms with van der Waals surface area (Å²) < 4.78 is 247. The van der Waals surface area contributed by atoms with Crippen molar-refractivity contribution in [2.45, 2.75) is 0 Å². The number of fused-ring (bicyclic) bond motifs is 13. The van der Waals surface area contributed by atoms with E-state index in [1.165, 1.54) is 9.13 Å². The van der Waals surface area contributed by atoms with Crippen LogP contribution in [0.25, 0.3) is 139 Å². The highest BCUT2D eigenvalue weighted by molar-refractivity contribution is 7.00. The Morgan fingerprint density at radius 1 is 0.245 bits per heavy atom. The van der Waals surface area contributed by atoms with Crippen LogP contribution >= 0.6 is 0 Å². The van der Waals surface area contributed by atoms with Gasteiger partial charge >= 0.3 is 0 Å². The van der Waals surface area contributed by atoms with Crippen molar-refractivity contribution in [2.24, 2.45) is 0 Å². The molecule has 15 aromatic carbocycles. The Bertz CT molecular complexity index is 7910. The van der Waals surface area contributed by atoms with E-state index in [9.17, 15) is 21.9 Å². The van der Waals surface area contributed by atoms with Gasteiger partial charge < -0.3 is 23.5 Å². The molecule has 474 valence electrons. The topological polar surface area (TPSA) is 59.9 Å². The van der Waals surface area contributed by atoms with E-state index in [2.05, 4.69) is 26.6 Å². The number of aromatic nitrogens is 6. The fourth-order valence-corrected chi connectivity index (χ4v) is 15.1. The van der Waals surface area contributed by atoms with Gasteiger partial charge in [-0.15, -0.1) is 0 Å². The van der Waals surface area contributed by atoms with Gasteiger partial charge in [-0.2, -0.15) is 0 Å². The van der Waals surface area contributed by atoms with E-state index in [0.717, 1.165) is 38.5 Å². The van der Waals surface area contributed by atoms with E-state index >= 15 is 0 Å². The first-order valence-electron chi connectivity index (χ1n) is 45.7. The third-order valence-corrected chi connectivity index (χ3v) is 19.3. The van der Waals surface area contributed by atoms with Gasteiger partial charge in [-0.05, 0) is 130 Å². The zero-order valence-electron chi connectivity index (χ0n) is 79.2. The molecule has 9 heteroatoms. The Hall–Kier alpha value is -13.6. The van der Waals surface area contributed by atoms with E-state index in [-0.39, 0.29) is 77.7 Å². The second-order valence-corrected chi connectivity index (χ2v) is 24.7. The van der Waals surface area contributed by atoms with Crippen molar-refractivity contribution in [2.75, 3.05) is 9.80 Å². The van der Waals surface area contributed by atoms with Crippen molar-refractivity contribution in [3.8, 4) is 73.5 Å². The lowest BCUT2D eigenvalue weighted by Crippen LogP contribution is -2.61. The number of hydrogen-bond donors (Lipinski definition) is 0. The molecule has 0 spiro atoms. The van der Waals surface area contributed by atoms with Crippen LogP contribution in [0.1, 0.15) is 35.6 Å². The normalized spacial score (nSPS) is 16.0. The van der Waals surface area contributed by atoms with E-state index in [0.29, 0.717) is 50.4 Å². The number of nitrogens with zero attached hydrogens (tertiary/aromatic N) is 8. The lowest BCUT2D eigenvalue weighted by atomic mass is 9.33. The summed E-state index contributed by atoms with van der Waals surface area (Å²) in [5.41, 5.74) is 7.35. The molecule has 0 saturated heterocycles. The van der Waals surface area contributed by atoms with Gasteiger partial charge in [0, 0.05) is 88.7 Å². The number of hydrogen-bond acceptors (Lipinski definition) is 5. The zero-order valence-corrected chi connectivity index (χ0v) is 53.2. The highest BCUT2D eigenvalue weighted by Gasteiger charge is 2.45. The Morgan fingerprint density at radius 3 is 1.16 bits per heavy atom. The third-order valence-electron chi connectivity index (χ3n) is 19.3.